The van der Waals surface area contributed by atoms with Crippen molar-refractivity contribution in [3.8, 4) is 0 Å². The summed E-state index contributed by atoms with van der Waals surface area (Å²) in [7, 11) is 0. The Hall–Kier alpha value is -2.04. The van der Waals surface area contributed by atoms with Gasteiger partial charge in [0.25, 0.3) is 0 Å². The van der Waals surface area contributed by atoms with Crippen molar-refractivity contribution >= 4 is 17.7 Å². The summed E-state index contributed by atoms with van der Waals surface area (Å²) in [5.74, 6) is -0.719. The van der Waals surface area contributed by atoms with Crippen LogP contribution in [-0.2, 0) is 26.4 Å². The number of benzene rings is 1. The smallest absolute Gasteiger partial charge is 0.303 e. The Morgan fingerprint density at radius 3 is 2.93 bits per heavy atom. The number of halogens is 2. The number of carboxylic acids is 1. The normalized spacial score (nSPS) is 21.5. The average molecular weight is 427 g/mol. The van der Waals surface area contributed by atoms with Gasteiger partial charge in [0, 0.05) is 23.8 Å². The molecule has 1 aliphatic heterocycles. The summed E-state index contributed by atoms with van der Waals surface area (Å²) in [5, 5.41) is 12.7. The molecular weight excluding hydrogens is 404 g/mol. The molecule has 0 bridgehead atoms. The van der Waals surface area contributed by atoms with Gasteiger partial charge in [-0.1, -0.05) is 12.5 Å². The molecule has 2 aromatic rings. The number of hydrogen-bond acceptors (Lipinski definition) is 6. The topological polar surface area (TPSA) is 86.5 Å². The minimum Gasteiger partial charge on any atom is -0.481 e. The van der Waals surface area contributed by atoms with Gasteiger partial charge < -0.3 is 14.6 Å². The molecule has 29 heavy (non-hydrogen) atoms. The molecule has 1 aromatic heterocycles. The average Bonchev–Trinajstić information content (AvgIpc) is 3.31. The first-order chi connectivity index (χ1) is 14.0. The molecule has 0 aliphatic carbocycles. The molecule has 1 aliphatic rings. The molecule has 1 fully saturated rings. The van der Waals surface area contributed by atoms with Crippen molar-refractivity contribution < 1.29 is 28.2 Å². The monoisotopic (exact) mass is 427 g/mol. The van der Waals surface area contributed by atoms with Crippen LogP contribution < -0.4 is 0 Å². The number of hydrogen-bond donors (Lipinski definition) is 1. The van der Waals surface area contributed by atoms with Crippen molar-refractivity contribution in [2.75, 3.05) is 18.1 Å². The highest BCUT2D eigenvalue weighted by Gasteiger charge is 2.45. The highest BCUT2D eigenvalue weighted by molar-refractivity contribution is 7.99. The number of aromatic nitrogens is 3. The minimum atomic E-state index is -1.13. The van der Waals surface area contributed by atoms with E-state index in [4.69, 9.17) is 14.6 Å². The standard InChI is InChI=1S/C19H23F2N3O4S/c20-14-5-6-15(16(21)8-14)19(10-24-13-22-12-23-24)11-27-18(28-19)9-29-7-3-1-2-4-17(25)26/h5-6,8,12-13,18H,1-4,7,9-11H2,(H,25,26). The quantitative estimate of drug-likeness (QED) is 0.551. The number of unbranched alkanes of at least 4 members (excludes halogenated alkanes) is 2. The first kappa shape index (κ1) is 21.7. The number of nitrogens with zero attached hydrogens (tertiary/aromatic N) is 3. The fourth-order valence-corrected chi connectivity index (χ4v) is 4.14. The third-order valence-corrected chi connectivity index (χ3v) is 5.68. The summed E-state index contributed by atoms with van der Waals surface area (Å²) in [5.41, 5.74) is -0.909. The lowest BCUT2D eigenvalue weighted by Crippen LogP contribution is -2.36. The second-order valence-electron chi connectivity index (χ2n) is 6.85. The van der Waals surface area contributed by atoms with Crippen LogP contribution in [0, 0.1) is 11.6 Å². The van der Waals surface area contributed by atoms with E-state index in [1.165, 1.54) is 29.5 Å². The summed E-state index contributed by atoms with van der Waals surface area (Å²) < 4.78 is 41.3. The molecule has 1 saturated heterocycles. The van der Waals surface area contributed by atoms with E-state index in [0.29, 0.717) is 12.2 Å². The van der Waals surface area contributed by atoms with Gasteiger partial charge in [-0.15, -0.1) is 0 Å². The molecule has 1 aromatic carbocycles. The third-order valence-electron chi connectivity index (χ3n) is 4.60. The maximum Gasteiger partial charge on any atom is 0.303 e. The van der Waals surface area contributed by atoms with Gasteiger partial charge in [0.1, 0.15) is 29.9 Å². The Kier molecular flexibility index (Phi) is 7.57. The van der Waals surface area contributed by atoms with E-state index in [9.17, 15) is 13.6 Å². The van der Waals surface area contributed by atoms with Crippen molar-refractivity contribution in [1.29, 1.82) is 0 Å². The van der Waals surface area contributed by atoms with Crippen LogP contribution in [0.5, 0.6) is 0 Å². The number of carbonyl (C=O) groups is 1. The van der Waals surface area contributed by atoms with E-state index >= 15 is 0 Å². The van der Waals surface area contributed by atoms with E-state index < -0.39 is 29.5 Å². The molecule has 0 spiro atoms. The summed E-state index contributed by atoms with van der Waals surface area (Å²) >= 11 is 1.63. The van der Waals surface area contributed by atoms with E-state index in [-0.39, 0.29) is 25.1 Å². The first-order valence-corrected chi connectivity index (χ1v) is 10.5. The molecule has 3 rings (SSSR count). The molecule has 158 valence electrons. The van der Waals surface area contributed by atoms with Crippen LogP contribution in [0.25, 0.3) is 0 Å². The number of thioether (sulfide) groups is 1. The second kappa shape index (κ2) is 10.1. The van der Waals surface area contributed by atoms with Gasteiger partial charge in [0.2, 0.25) is 0 Å². The zero-order chi connectivity index (χ0) is 20.7. The van der Waals surface area contributed by atoms with Crippen LogP contribution in [0.2, 0.25) is 0 Å². The lowest BCUT2D eigenvalue weighted by molar-refractivity contribution is -0.137. The lowest BCUT2D eigenvalue weighted by Gasteiger charge is -2.28. The van der Waals surface area contributed by atoms with E-state index in [1.54, 1.807) is 11.8 Å². The number of ether oxygens (including phenoxy) is 2. The van der Waals surface area contributed by atoms with Crippen molar-refractivity contribution in [2.24, 2.45) is 0 Å². The summed E-state index contributed by atoms with van der Waals surface area (Å²) in [4.78, 5) is 14.4. The predicted octanol–water partition coefficient (Wildman–Crippen LogP) is 3.20. The SMILES string of the molecule is O=C(O)CCCCCSCC1OCC(Cn2cncn2)(c2ccc(F)cc2F)O1. The van der Waals surface area contributed by atoms with Gasteiger partial charge in [0.15, 0.2) is 6.29 Å². The maximum absolute atomic E-state index is 14.5. The van der Waals surface area contributed by atoms with Gasteiger partial charge >= 0.3 is 5.97 Å². The van der Waals surface area contributed by atoms with Crippen LogP contribution >= 0.6 is 11.8 Å². The fraction of sp³-hybridized carbons (Fsp3) is 0.526. The van der Waals surface area contributed by atoms with E-state index in [2.05, 4.69) is 10.1 Å². The molecule has 7 nitrogen and oxygen atoms in total. The van der Waals surface area contributed by atoms with Crippen molar-refractivity contribution in [2.45, 2.75) is 44.1 Å². The van der Waals surface area contributed by atoms with Crippen LogP contribution in [0.15, 0.2) is 30.9 Å². The zero-order valence-corrected chi connectivity index (χ0v) is 16.6. The van der Waals surface area contributed by atoms with Gasteiger partial charge in [-0.25, -0.2) is 18.4 Å². The maximum atomic E-state index is 14.5. The molecular formula is C19H23F2N3O4S. The number of rotatable bonds is 11. The van der Waals surface area contributed by atoms with E-state index in [0.717, 1.165) is 24.7 Å². The first-order valence-electron chi connectivity index (χ1n) is 9.35. The lowest BCUT2D eigenvalue weighted by atomic mass is 9.94. The molecule has 1 N–H and O–H groups in total. The van der Waals surface area contributed by atoms with Gasteiger partial charge in [-0.3, -0.25) is 4.79 Å². The third kappa shape index (κ3) is 5.97. The molecule has 10 heteroatoms. The number of carboxylic acid groups (broad SMARTS) is 1. The van der Waals surface area contributed by atoms with E-state index in [1.807, 2.05) is 0 Å². The number of aliphatic carboxylic acids is 1. The van der Waals surface area contributed by atoms with Crippen LogP contribution in [0.1, 0.15) is 31.2 Å². The second-order valence-corrected chi connectivity index (χ2v) is 8.00. The van der Waals surface area contributed by atoms with Gasteiger partial charge in [-0.2, -0.15) is 16.9 Å². The largest absolute Gasteiger partial charge is 0.481 e. The Morgan fingerprint density at radius 1 is 1.34 bits per heavy atom. The molecule has 2 atom stereocenters. The van der Waals surface area contributed by atoms with Gasteiger partial charge in [-0.05, 0) is 24.7 Å². The zero-order valence-electron chi connectivity index (χ0n) is 15.8. The van der Waals surface area contributed by atoms with Crippen LogP contribution in [0.3, 0.4) is 0 Å². The summed E-state index contributed by atoms with van der Waals surface area (Å²) in [6.45, 7) is 0.297. The van der Waals surface area contributed by atoms with Crippen molar-refractivity contribution in [1.82, 2.24) is 14.8 Å². The highest BCUT2D eigenvalue weighted by Crippen LogP contribution is 2.37. The van der Waals surface area contributed by atoms with Crippen molar-refractivity contribution in [3.63, 3.8) is 0 Å². The molecule has 2 unspecified atom stereocenters. The molecule has 0 radical (unpaired) electrons. The Bertz CT molecular complexity index is 809. The predicted molar refractivity (Wildman–Crippen MR) is 102 cm³/mol. The molecule has 0 amide bonds. The van der Waals surface area contributed by atoms with Crippen LogP contribution in [0.4, 0.5) is 8.78 Å². The Balaban J connectivity index is 1.58. The Morgan fingerprint density at radius 2 is 2.21 bits per heavy atom. The summed E-state index contributed by atoms with van der Waals surface area (Å²) in [6, 6.07) is 3.41. The summed E-state index contributed by atoms with van der Waals surface area (Å²) in [6.07, 6.45) is 4.95. The minimum absolute atomic E-state index is 0.110. The highest BCUT2D eigenvalue weighted by atomic mass is 32.2. The van der Waals surface area contributed by atoms with Crippen LogP contribution in [-0.4, -0.2) is 50.2 Å². The Labute approximate surface area is 171 Å². The molecule has 2 heterocycles. The fourth-order valence-electron chi connectivity index (χ4n) is 3.21. The molecule has 0 saturated carbocycles. The van der Waals surface area contributed by atoms with Gasteiger partial charge in [0.05, 0.1) is 13.2 Å². The van der Waals surface area contributed by atoms with Crippen molar-refractivity contribution in [3.05, 3.63) is 48.1 Å².